The molecule has 0 saturated heterocycles. The first-order chi connectivity index (χ1) is 11.2. The quantitative estimate of drug-likeness (QED) is 0.839. The summed E-state index contributed by atoms with van der Waals surface area (Å²) in [6.45, 7) is 6.80. The molecule has 0 fully saturated rings. The summed E-state index contributed by atoms with van der Waals surface area (Å²) in [4.78, 5) is 27.5. The number of rotatable bonds is 6. The molecule has 2 aromatic rings. The van der Waals surface area contributed by atoms with Crippen LogP contribution in [0, 0.1) is 0 Å². The van der Waals surface area contributed by atoms with Crippen molar-refractivity contribution >= 4 is 17.6 Å². The molecule has 1 amide bonds. The Kier molecular flexibility index (Phi) is 4.87. The van der Waals surface area contributed by atoms with E-state index in [4.69, 9.17) is 4.74 Å². The lowest BCUT2D eigenvalue weighted by molar-refractivity contribution is -0.146. The molecular formula is C16H20N4O4. The Labute approximate surface area is 139 Å². The van der Waals surface area contributed by atoms with Crippen molar-refractivity contribution in [1.82, 2.24) is 14.8 Å². The van der Waals surface area contributed by atoms with E-state index in [0.717, 1.165) is 0 Å². The zero-order valence-electron chi connectivity index (χ0n) is 14.0. The number of amides is 1. The van der Waals surface area contributed by atoms with Crippen LogP contribution >= 0.6 is 0 Å². The summed E-state index contributed by atoms with van der Waals surface area (Å²) >= 11 is 0. The third kappa shape index (κ3) is 3.89. The standard InChI is InChI=1S/C16H20N4O4/c1-10(2)24-13-5-11(6-17-8-13)14(21)19-12-7-18-20(9-12)16(3,4)15(22)23/h5-10H,1-4H3,(H,19,21)(H,22,23). The first-order valence-corrected chi connectivity index (χ1v) is 7.41. The molecule has 0 aliphatic heterocycles. The molecule has 0 saturated carbocycles. The largest absolute Gasteiger partial charge is 0.489 e. The van der Waals surface area contributed by atoms with Gasteiger partial charge in [0, 0.05) is 12.4 Å². The van der Waals surface area contributed by atoms with Crippen molar-refractivity contribution in [2.24, 2.45) is 0 Å². The van der Waals surface area contributed by atoms with E-state index in [2.05, 4.69) is 15.4 Å². The Morgan fingerprint density at radius 3 is 2.62 bits per heavy atom. The molecule has 2 N–H and O–H groups in total. The molecule has 8 heteroatoms. The van der Waals surface area contributed by atoms with E-state index < -0.39 is 11.5 Å². The normalized spacial score (nSPS) is 11.4. The van der Waals surface area contributed by atoms with Gasteiger partial charge in [0.05, 0.1) is 29.7 Å². The smallest absolute Gasteiger partial charge is 0.331 e. The van der Waals surface area contributed by atoms with Crippen molar-refractivity contribution in [3.8, 4) is 5.75 Å². The highest BCUT2D eigenvalue weighted by Crippen LogP contribution is 2.18. The molecule has 2 heterocycles. The van der Waals surface area contributed by atoms with Gasteiger partial charge in [0.25, 0.3) is 5.91 Å². The fourth-order valence-corrected chi connectivity index (χ4v) is 1.87. The first-order valence-electron chi connectivity index (χ1n) is 7.41. The molecule has 0 unspecified atom stereocenters. The maximum Gasteiger partial charge on any atom is 0.331 e. The van der Waals surface area contributed by atoms with Gasteiger partial charge in [-0.2, -0.15) is 5.10 Å². The summed E-state index contributed by atoms with van der Waals surface area (Å²) in [5.41, 5.74) is -0.488. The minimum Gasteiger partial charge on any atom is -0.489 e. The number of anilines is 1. The Balaban J connectivity index is 2.13. The van der Waals surface area contributed by atoms with Crippen molar-refractivity contribution in [2.45, 2.75) is 39.3 Å². The third-order valence-electron chi connectivity index (χ3n) is 3.28. The number of hydrogen-bond acceptors (Lipinski definition) is 5. The van der Waals surface area contributed by atoms with Crippen LogP contribution in [0.4, 0.5) is 5.69 Å². The molecular weight excluding hydrogens is 312 g/mol. The van der Waals surface area contributed by atoms with Gasteiger partial charge in [0.15, 0.2) is 5.54 Å². The average molecular weight is 332 g/mol. The van der Waals surface area contributed by atoms with Crippen LogP contribution in [0.25, 0.3) is 0 Å². The lowest BCUT2D eigenvalue weighted by Gasteiger charge is -2.19. The maximum atomic E-state index is 12.3. The molecule has 2 rings (SSSR count). The molecule has 0 radical (unpaired) electrons. The number of carbonyl (C=O) groups is 2. The van der Waals surface area contributed by atoms with Crippen LogP contribution in [-0.4, -0.2) is 37.9 Å². The fourth-order valence-electron chi connectivity index (χ4n) is 1.87. The molecule has 0 aromatic carbocycles. The van der Waals surface area contributed by atoms with Gasteiger partial charge in [-0.05, 0) is 33.8 Å². The maximum absolute atomic E-state index is 12.3. The van der Waals surface area contributed by atoms with Crippen molar-refractivity contribution in [1.29, 1.82) is 0 Å². The molecule has 8 nitrogen and oxygen atoms in total. The minimum absolute atomic E-state index is 0.0263. The lowest BCUT2D eigenvalue weighted by Crippen LogP contribution is -2.35. The summed E-state index contributed by atoms with van der Waals surface area (Å²) in [5.74, 6) is -0.907. The van der Waals surface area contributed by atoms with Crippen molar-refractivity contribution in [3.63, 3.8) is 0 Å². The number of pyridine rings is 1. The van der Waals surface area contributed by atoms with Gasteiger partial charge >= 0.3 is 5.97 Å². The van der Waals surface area contributed by atoms with Crippen LogP contribution < -0.4 is 10.1 Å². The lowest BCUT2D eigenvalue weighted by atomic mass is 10.1. The monoisotopic (exact) mass is 332 g/mol. The van der Waals surface area contributed by atoms with E-state index >= 15 is 0 Å². The fraction of sp³-hybridized carbons (Fsp3) is 0.375. The Bertz CT molecular complexity index is 752. The molecule has 0 aliphatic rings. The highest BCUT2D eigenvalue weighted by atomic mass is 16.5. The number of nitrogens with one attached hydrogen (secondary N) is 1. The number of aromatic nitrogens is 3. The van der Waals surface area contributed by atoms with Gasteiger partial charge in [-0.3, -0.25) is 14.5 Å². The molecule has 0 bridgehead atoms. The minimum atomic E-state index is -1.21. The number of carboxylic acid groups (broad SMARTS) is 1. The van der Waals surface area contributed by atoms with Crippen molar-refractivity contribution in [3.05, 3.63) is 36.4 Å². The molecule has 0 atom stereocenters. The van der Waals surface area contributed by atoms with Crippen LogP contribution in [0.15, 0.2) is 30.9 Å². The number of nitrogens with zero attached hydrogens (tertiary/aromatic N) is 3. The molecule has 2 aromatic heterocycles. The average Bonchev–Trinajstić information content (AvgIpc) is 2.95. The Hall–Kier alpha value is -2.90. The van der Waals surface area contributed by atoms with Gasteiger partial charge in [0.2, 0.25) is 0 Å². The van der Waals surface area contributed by atoms with Gasteiger partial charge in [-0.15, -0.1) is 0 Å². The van der Waals surface area contributed by atoms with Crippen LogP contribution in [-0.2, 0) is 10.3 Å². The van der Waals surface area contributed by atoms with E-state index in [1.54, 1.807) is 6.07 Å². The summed E-state index contributed by atoms with van der Waals surface area (Å²) in [7, 11) is 0. The highest BCUT2D eigenvalue weighted by molar-refractivity contribution is 6.04. The molecule has 24 heavy (non-hydrogen) atoms. The Morgan fingerprint density at radius 2 is 2.00 bits per heavy atom. The molecule has 128 valence electrons. The first kappa shape index (κ1) is 17.5. The van der Waals surface area contributed by atoms with Gasteiger partial charge < -0.3 is 15.2 Å². The summed E-state index contributed by atoms with van der Waals surface area (Å²) < 4.78 is 6.79. The predicted octanol–water partition coefficient (Wildman–Crippen LogP) is 2.14. The van der Waals surface area contributed by atoms with E-state index in [0.29, 0.717) is 17.0 Å². The molecule has 0 spiro atoms. The third-order valence-corrected chi connectivity index (χ3v) is 3.28. The Morgan fingerprint density at radius 1 is 1.29 bits per heavy atom. The van der Waals surface area contributed by atoms with Gasteiger partial charge in [-0.1, -0.05) is 0 Å². The second-order valence-corrected chi connectivity index (χ2v) is 6.07. The van der Waals surface area contributed by atoms with Crippen LogP contribution in [0.3, 0.4) is 0 Å². The zero-order chi connectivity index (χ0) is 17.9. The predicted molar refractivity (Wildman–Crippen MR) is 87.1 cm³/mol. The number of carbonyl (C=O) groups excluding carboxylic acids is 1. The van der Waals surface area contributed by atoms with Crippen LogP contribution in [0.5, 0.6) is 5.75 Å². The summed E-state index contributed by atoms with van der Waals surface area (Å²) in [5, 5.41) is 15.8. The van der Waals surface area contributed by atoms with Gasteiger partial charge in [0.1, 0.15) is 5.75 Å². The van der Waals surface area contributed by atoms with Crippen LogP contribution in [0.1, 0.15) is 38.1 Å². The SMILES string of the molecule is CC(C)Oc1cncc(C(=O)Nc2cnn(C(C)(C)C(=O)O)c2)c1. The second kappa shape index (κ2) is 6.69. The molecule has 0 aliphatic carbocycles. The summed E-state index contributed by atoms with van der Waals surface area (Å²) in [6.07, 6.45) is 5.79. The highest BCUT2D eigenvalue weighted by Gasteiger charge is 2.30. The zero-order valence-corrected chi connectivity index (χ0v) is 14.0. The van der Waals surface area contributed by atoms with Crippen LogP contribution in [0.2, 0.25) is 0 Å². The van der Waals surface area contributed by atoms with E-state index in [1.807, 2.05) is 13.8 Å². The van der Waals surface area contributed by atoms with Gasteiger partial charge in [-0.25, -0.2) is 4.79 Å². The number of hydrogen-bond donors (Lipinski definition) is 2. The number of ether oxygens (including phenoxy) is 1. The van der Waals surface area contributed by atoms with E-state index in [9.17, 15) is 14.7 Å². The number of aliphatic carboxylic acids is 1. The van der Waals surface area contributed by atoms with Crippen molar-refractivity contribution in [2.75, 3.05) is 5.32 Å². The summed E-state index contributed by atoms with van der Waals surface area (Å²) in [6, 6.07) is 1.59. The number of carboxylic acids is 1. The second-order valence-electron chi connectivity index (χ2n) is 6.07. The van der Waals surface area contributed by atoms with E-state index in [-0.39, 0.29) is 12.0 Å². The topological polar surface area (TPSA) is 106 Å². The van der Waals surface area contributed by atoms with E-state index in [1.165, 1.54) is 43.3 Å². The van der Waals surface area contributed by atoms with Crippen molar-refractivity contribution < 1.29 is 19.4 Å².